The summed E-state index contributed by atoms with van der Waals surface area (Å²) < 4.78 is 1.60. The molecule has 90 valence electrons. The largest absolute Gasteiger partial charge is 0.870 e. The zero-order valence-corrected chi connectivity index (χ0v) is 10.3. The third-order valence-electron chi connectivity index (χ3n) is 3.50. The second-order valence-electron chi connectivity index (χ2n) is 4.71. The Morgan fingerprint density at radius 2 is 1.83 bits per heavy atom. The SMILES string of the molecule is CC1=CC(C)=[N+]2C(=O)C(c3ccccc3)=C([O-])C12. The van der Waals surface area contributed by atoms with E-state index in [1.54, 1.807) is 4.58 Å². The van der Waals surface area contributed by atoms with Crippen molar-refractivity contribution in [3.63, 3.8) is 0 Å². The van der Waals surface area contributed by atoms with Gasteiger partial charge in [0.15, 0.2) is 11.8 Å². The summed E-state index contributed by atoms with van der Waals surface area (Å²) in [6.07, 6.45) is 1.90. The van der Waals surface area contributed by atoms with Gasteiger partial charge in [-0.2, -0.15) is 4.58 Å². The molecule has 2 aliphatic rings. The maximum Gasteiger partial charge on any atom is 0.420 e. The first-order chi connectivity index (χ1) is 8.61. The number of hydrogen-bond donors (Lipinski definition) is 0. The molecule has 3 heteroatoms. The van der Waals surface area contributed by atoms with Crippen molar-refractivity contribution < 1.29 is 14.5 Å². The molecule has 18 heavy (non-hydrogen) atoms. The van der Waals surface area contributed by atoms with Gasteiger partial charge in [-0.15, -0.1) is 0 Å². The highest BCUT2D eigenvalue weighted by Gasteiger charge is 2.45. The molecule has 1 atom stereocenters. The van der Waals surface area contributed by atoms with E-state index in [0.717, 1.165) is 11.3 Å². The standard InChI is InChI=1S/C15H13NO2/c1-9-8-10(2)16-13(9)14(17)12(15(16)18)11-6-4-3-5-7-11/h3-8,13H,1-2H3. The van der Waals surface area contributed by atoms with Gasteiger partial charge in [0.05, 0.1) is 5.57 Å². The second-order valence-corrected chi connectivity index (χ2v) is 4.71. The number of nitrogens with zero attached hydrogens (tertiary/aromatic N) is 1. The number of hydrogen-bond acceptors (Lipinski definition) is 2. The van der Waals surface area contributed by atoms with Crippen LogP contribution in [0.25, 0.3) is 5.57 Å². The van der Waals surface area contributed by atoms with Crippen LogP contribution in [0.3, 0.4) is 0 Å². The van der Waals surface area contributed by atoms with E-state index >= 15 is 0 Å². The maximum absolute atomic E-state index is 12.4. The van der Waals surface area contributed by atoms with Crippen molar-refractivity contribution in [2.45, 2.75) is 19.9 Å². The molecule has 2 heterocycles. The van der Waals surface area contributed by atoms with Crippen LogP contribution in [0, 0.1) is 0 Å². The van der Waals surface area contributed by atoms with Gasteiger partial charge in [-0.3, -0.25) is 0 Å². The summed E-state index contributed by atoms with van der Waals surface area (Å²) in [5, 5.41) is 12.4. The number of carbonyl (C=O) groups is 1. The maximum atomic E-state index is 12.4. The zero-order chi connectivity index (χ0) is 12.9. The van der Waals surface area contributed by atoms with Crippen molar-refractivity contribution >= 4 is 17.2 Å². The van der Waals surface area contributed by atoms with Gasteiger partial charge in [0.1, 0.15) is 0 Å². The average molecular weight is 239 g/mol. The van der Waals surface area contributed by atoms with Crippen molar-refractivity contribution in [3.05, 3.63) is 53.3 Å². The summed E-state index contributed by atoms with van der Waals surface area (Å²) in [6, 6.07) is 8.76. The fraction of sp³-hybridized carbons (Fsp3) is 0.200. The fourth-order valence-corrected chi connectivity index (χ4v) is 2.72. The molecule has 3 rings (SSSR count). The Labute approximate surface area is 105 Å². The molecule has 2 aliphatic heterocycles. The highest BCUT2D eigenvalue weighted by Crippen LogP contribution is 2.33. The molecule has 0 spiro atoms. The van der Waals surface area contributed by atoms with E-state index < -0.39 is 6.04 Å². The summed E-state index contributed by atoms with van der Waals surface area (Å²) in [4.78, 5) is 12.4. The zero-order valence-electron chi connectivity index (χ0n) is 10.3. The van der Waals surface area contributed by atoms with E-state index in [9.17, 15) is 9.90 Å². The molecule has 0 saturated heterocycles. The van der Waals surface area contributed by atoms with E-state index in [-0.39, 0.29) is 11.7 Å². The molecule has 0 fully saturated rings. The first-order valence-corrected chi connectivity index (χ1v) is 5.93. The van der Waals surface area contributed by atoms with Crippen LogP contribution in [-0.2, 0) is 4.79 Å². The van der Waals surface area contributed by atoms with Crippen LogP contribution in [-0.4, -0.2) is 22.2 Å². The Morgan fingerprint density at radius 3 is 2.44 bits per heavy atom. The van der Waals surface area contributed by atoms with Crippen molar-refractivity contribution in [1.82, 2.24) is 0 Å². The van der Waals surface area contributed by atoms with Gasteiger partial charge >= 0.3 is 5.91 Å². The van der Waals surface area contributed by atoms with E-state index in [2.05, 4.69) is 0 Å². The lowest BCUT2D eigenvalue weighted by atomic mass is 10.0. The van der Waals surface area contributed by atoms with Gasteiger partial charge in [0.2, 0.25) is 0 Å². The summed E-state index contributed by atoms with van der Waals surface area (Å²) in [7, 11) is 0. The van der Waals surface area contributed by atoms with Crippen molar-refractivity contribution in [1.29, 1.82) is 0 Å². The average Bonchev–Trinajstić information content (AvgIpc) is 2.79. The van der Waals surface area contributed by atoms with Gasteiger partial charge in [-0.1, -0.05) is 30.3 Å². The van der Waals surface area contributed by atoms with Crippen LogP contribution in [0.5, 0.6) is 0 Å². The van der Waals surface area contributed by atoms with Gasteiger partial charge in [-0.25, -0.2) is 4.79 Å². The summed E-state index contributed by atoms with van der Waals surface area (Å²) in [5.74, 6) is -0.265. The molecule has 0 aromatic heterocycles. The molecule has 3 nitrogen and oxygen atoms in total. The van der Waals surface area contributed by atoms with Gasteiger partial charge in [0.25, 0.3) is 0 Å². The fourth-order valence-electron chi connectivity index (χ4n) is 2.72. The van der Waals surface area contributed by atoms with Crippen LogP contribution in [0.15, 0.2) is 47.7 Å². The molecule has 1 unspecified atom stereocenters. The number of amides is 1. The minimum atomic E-state index is -0.410. The number of rotatable bonds is 1. The topological polar surface area (TPSA) is 43.1 Å². The highest BCUT2D eigenvalue weighted by atomic mass is 16.3. The van der Waals surface area contributed by atoms with E-state index in [0.29, 0.717) is 11.1 Å². The van der Waals surface area contributed by atoms with Gasteiger partial charge in [0, 0.05) is 18.6 Å². The quantitative estimate of drug-likeness (QED) is 0.689. The van der Waals surface area contributed by atoms with Gasteiger partial charge < -0.3 is 5.11 Å². The van der Waals surface area contributed by atoms with E-state index in [4.69, 9.17) is 0 Å². The molecular weight excluding hydrogens is 226 g/mol. The molecule has 1 aromatic carbocycles. The Bertz CT molecular complexity index is 636. The number of benzene rings is 1. The summed E-state index contributed by atoms with van der Waals surface area (Å²) in [6.45, 7) is 3.76. The van der Waals surface area contributed by atoms with E-state index in [1.165, 1.54) is 0 Å². The third-order valence-corrected chi connectivity index (χ3v) is 3.50. The number of fused-ring (bicyclic) bond motifs is 1. The Hall–Kier alpha value is -2.16. The van der Waals surface area contributed by atoms with Crippen molar-refractivity contribution in [2.24, 2.45) is 0 Å². The van der Waals surface area contributed by atoms with Crippen LogP contribution in [0.4, 0.5) is 0 Å². The minimum absolute atomic E-state index is 0.0863. The van der Waals surface area contributed by atoms with Crippen molar-refractivity contribution in [2.75, 3.05) is 0 Å². The Balaban J connectivity index is 2.19. The highest BCUT2D eigenvalue weighted by molar-refractivity contribution is 6.20. The molecule has 0 saturated carbocycles. The first kappa shape index (κ1) is 11.0. The molecule has 0 radical (unpaired) electrons. The first-order valence-electron chi connectivity index (χ1n) is 5.93. The van der Waals surface area contributed by atoms with Gasteiger partial charge in [-0.05, 0) is 18.2 Å². The van der Waals surface area contributed by atoms with Crippen molar-refractivity contribution in [3.8, 4) is 0 Å². The normalized spacial score (nSPS) is 22.7. The number of carbonyl (C=O) groups excluding carboxylic acids is 1. The Morgan fingerprint density at radius 1 is 1.17 bits per heavy atom. The molecule has 1 amide bonds. The molecule has 0 aliphatic carbocycles. The summed E-state index contributed by atoms with van der Waals surface area (Å²) in [5.41, 5.74) is 2.81. The summed E-state index contributed by atoms with van der Waals surface area (Å²) >= 11 is 0. The molecule has 1 aromatic rings. The lowest BCUT2D eigenvalue weighted by molar-refractivity contribution is -0.478. The lowest BCUT2D eigenvalue weighted by Crippen LogP contribution is -2.29. The predicted octanol–water partition coefficient (Wildman–Crippen LogP) is 1.10. The Kier molecular flexibility index (Phi) is 2.23. The minimum Gasteiger partial charge on any atom is -0.870 e. The number of allylic oxidation sites excluding steroid dienone is 1. The van der Waals surface area contributed by atoms with Crippen LogP contribution in [0.2, 0.25) is 0 Å². The molecule has 0 N–H and O–H groups in total. The molecule has 0 bridgehead atoms. The lowest BCUT2D eigenvalue weighted by Gasteiger charge is -2.12. The third kappa shape index (κ3) is 1.30. The van der Waals surface area contributed by atoms with Crippen LogP contribution in [0.1, 0.15) is 19.4 Å². The molecular formula is C15H13NO2. The van der Waals surface area contributed by atoms with Crippen LogP contribution >= 0.6 is 0 Å². The second kappa shape index (κ2) is 3.67. The smallest absolute Gasteiger partial charge is 0.420 e. The monoisotopic (exact) mass is 239 g/mol. The predicted molar refractivity (Wildman–Crippen MR) is 66.9 cm³/mol. The van der Waals surface area contributed by atoms with Crippen LogP contribution < -0.4 is 5.11 Å². The van der Waals surface area contributed by atoms with E-state index in [1.807, 2.05) is 50.3 Å².